The third kappa shape index (κ3) is 4.97. The van der Waals surface area contributed by atoms with Crippen molar-refractivity contribution in [3.05, 3.63) is 0 Å². The molecule has 0 radical (unpaired) electrons. The topological polar surface area (TPSA) is 57.5 Å². The third-order valence-corrected chi connectivity index (χ3v) is 3.69. The van der Waals surface area contributed by atoms with Gasteiger partial charge in [-0.1, -0.05) is 40.0 Å². The Bertz CT molecular complexity index is 207. The van der Waals surface area contributed by atoms with Crippen LogP contribution in [-0.4, -0.2) is 22.8 Å². The minimum Gasteiger partial charge on any atom is -0.481 e. The second kappa shape index (κ2) is 6.89. The maximum absolute atomic E-state index is 9.33. The molecule has 3 nitrogen and oxygen atoms in total. The zero-order chi connectivity index (χ0) is 12.8. The van der Waals surface area contributed by atoms with Crippen molar-refractivity contribution in [1.29, 1.82) is 0 Å². The molecule has 96 valence electrons. The van der Waals surface area contributed by atoms with E-state index in [4.69, 9.17) is 9.90 Å². The van der Waals surface area contributed by atoms with Gasteiger partial charge in [-0.25, -0.2) is 0 Å². The minimum atomic E-state index is -0.833. The maximum Gasteiger partial charge on any atom is 0.300 e. The first-order chi connectivity index (χ1) is 7.35. The van der Waals surface area contributed by atoms with Crippen LogP contribution in [0.5, 0.6) is 0 Å². The molecule has 0 heterocycles. The van der Waals surface area contributed by atoms with Crippen molar-refractivity contribution in [2.24, 2.45) is 17.3 Å². The first-order valence-corrected chi connectivity index (χ1v) is 6.15. The zero-order valence-electron chi connectivity index (χ0n) is 11.0. The highest BCUT2D eigenvalue weighted by Crippen LogP contribution is 2.44. The van der Waals surface area contributed by atoms with Crippen LogP contribution in [0, 0.1) is 17.3 Å². The van der Waals surface area contributed by atoms with E-state index in [1.165, 1.54) is 25.7 Å². The van der Waals surface area contributed by atoms with Gasteiger partial charge in [0.05, 0.1) is 0 Å². The molecule has 2 atom stereocenters. The van der Waals surface area contributed by atoms with E-state index in [-0.39, 0.29) is 0 Å². The van der Waals surface area contributed by atoms with Gasteiger partial charge in [0, 0.05) is 13.5 Å². The van der Waals surface area contributed by atoms with Crippen molar-refractivity contribution in [2.75, 3.05) is 6.61 Å². The average molecular weight is 230 g/mol. The van der Waals surface area contributed by atoms with Crippen molar-refractivity contribution < 1.29 is 15.0 Å². The molecule has 1 aliphatic rings. The van der Waals surface area contributed by atoms with Crippen molar-refractivity contribution >= 4 is 5.97 Å². The van der Waals surface area contributed by atoms with Gasteiger partial charge in [-0.15, -0.1) is 0 Å². The number of aliphatic carboxylic acids is 1. The summed E-state index contributed by atoms with van der Waals surface area (Å²) in [5.74, 6) is 0.468. The highest BCUT2D eigenvalue weighted by atomic mass is 16.4. The second-order valence-corrected chi connectivity index (χ2v) is 5.36. The predicted molar refractivity (Wildman–Crippen MR) is 65.3 cm³/mol. The first-order valence-electron chi connectivity index (χ1n) is 6.15. The number of aliphatic hydroxyl groups excluding tert-OH is 1. The Morgan fingerprint density at radius 2 is 1.94 bits per heavy atom. The molecule has 0 unspecified atom stereocenters. The number of rotatable bonds is 2. The van der Waals surface area contributed by atoms with Crippen molar-refractivity contribution in [3.63, 3.8) is 0 Å². The quantitative estimate of drug-likeness (QED) is 0.767. The molecule has 1 aliphatic carbocycles. The largest absolute Gasteiger partial charge is 0.481 e. The Balaban J connectivity index is 0.000000487. The minimum absolute atomic E-state index is 0.369. The number of carbonyl (C=O) groups is 1. The number of carboxylic acid groups (broad SMARTS) is 1. The van der Waals surface area contributed by atoms with E-state index in [1.54, 1.807) is 0 Å². The standard InChI is InChI=1S/C11H22O.C2H4O2/c1-4-9-6-5-7-11(2,3)10(9)8-12;1-2(3)4/h9-10,12H,4-8H2,1-3H3;1H3,(H,3,4)/t9-,10+;/m1./s1. The Morgan fingerprint density at radius 3 is 2.25 bits per heavy atom. The van der Waals surface area contributed by atoms with E-state index < -0.39 is 5.97 Å². The Labute approximate surface area is 98.9 Å². The summed E-state index contributed by atoms with van der Waals surface area (Å²) in [4.78, 5) is 9.00. The lowest BCUT2D eigenvalue weighted by Crippen LogP contribution is -2.37. The summed E-state index contributed by atoms with van der Waals surface area (Å²) in [7, 11) is 0. The molecule has 0 amide bonds. The lowest BCUT2D eigenvalue weighted by molar-refractivity contribution is -0.134. The van der Waals surface area contributed by atoms with Crippen molar-refractivity contribution in [3.8, 4) is 0 Å². The fraction of sp³-hybridized carbons (Fsp3) is 0.923. The SMILES string of the molecule is CC(=O)O.CC[C@@H]1CCCC(C)(C)[C@H]1CO. The lowest BCUT2D eigenvalue weighted by Gasteiger charge is -2.43. The fourth-order valence-electron chi connectivity index (χ4n) is 2.73. The van der Waals surface area contributed by atoms with E-state index in [0.717, 1.165) is 12.8 Å². The Morgan fingerprint density at radius 1 is 1.44 bits per heavy atom. The monoisotopic (exact) mass is 230 g/mol. The molecule has 1 saturated carbocycles. The average Bonchev–Trinajstić information content (AvgIpc) is 2.15. The summed E-state index contributed by atoms with van der Waals surface area (Å²) in [5, 5.41) is 16.7. The van der Waals surface area contributed by atoms with E-state index in [1.807, 2.05) is 0 Å². The summed E-state index contributed by atoms with van der Waals surface area (Å²) in [6, 6.07) is 0. The van der Waals surface area contributed by atoms with E-state index >= 15 is 0 Å². The van der Waals surface area contributed by atoms with Crippen LogP contribution in [0.25, 0.3) is 0 Å². The molecule has 0 spiro atoms. The molecular weight excluding hydrogens is 204 g/mol. The van der Waals surface area contributed by atoms with Gasteiger partial charge in [0.2, 0.25) is 0 Å². The van der Waals surface area contributed by atoms with Crippen molar-refractivity contribution in [2.45, 2.75) is 53.4 Å². The number of aliphatic hydroxyl groups is 1. The second-order valence-electron chi connectivity index (χ2n) is 5.36. The van der Waals surface area contributed by atoms with Gasteiger partial charge < -0.3 is 10.2 Å². The predicted octanol–water partition coefficient (Wildman–Crippen LogP) is 2.92. The van der Waals surface area contributed by atoms with Gasteiger partial charge in [-0.3, -0.25) is 4.79 Å². The van der Waals surface area contributed by atoms with Crippen LogP contribution >= 0.6 is 0 Å². The molecular formula is C13H26O3. The smallest absolute Gasteiger partial charge is 0.300 e. The molecule has 0 bridgehead atoms. The number of hydrogen-bond donors (Lipinski definition) is 2. The van der Waals surface area contributed by atoms with Crippen LogP contribution in [-0.2, 0) is 4.79 Å². The van der Waals surface area contributed by atoms with Crippen LogP contribution in [0.3, 0.4) is 0 Å². The molecule has 0 saturated heterocycles. The summed E-state index contributed by atoms with van der Waals surface area (Å²) >= 11 is 0. The van der Waals surface area contributed by atoms with Gasteiger partial charge in [-0.2, -0.15) is 0 Å². The summed E-state index contributed by atoms with van der Waals surface area (Å²) in [5.41, 5.74) is 0.369. The molecule has 2 N–H and O–H groups in total. The van der Waals surface area contributed by atoms with Gasteiger partial charge in [0.25, 0.3) is 5.97 Å². The van der Waals surface area contributed by atoms with Crippen molar-refractivity contribution in [1.82, 2.24) is 0 Å². The van der Waals surface area contributed by atoms with Crippen LogP contribution < -0.4 is 0 Å². The zero-order valence-corrected chi connectivity index (χ0v) is 11.0. The molecule has 1 rings (SSSR count). The fourth-order valence-corrected chi connectivity index (χ4v) is 2.73. The normalized spacial score (nSPS) is 27.8. The summed E-state index contributed by atoms with van der Waals surface area (Å²) < 4.78 is 0. The van der Waals surface area contributed by atoms with Crippen LogP contribution in [0.1, 0.15) is 53.4 Å². The van der Waals surface area contributed by atoms with Crippen LogP contribution in [0.2, 0.25) is 0 Å². The molecule has 1 fully saturated rings. The lowest BCUT2D eigenvalue weighted by atomic mass is 9.63. The molecule has 3 heteroatoms. The number of hydrogen-bond acceptors (Lipinski definition) is 2. The first kappa shape index (κ1) is 15.4. The van der Waals surface area contributed by atoms with Gasteiger partial charge in [-0.05, 0) is 23.7 Å². The van der Waals surface area contributed by atoms with Gasteiger partial charge in [0.1, 0.15) is 0 Å². The molecule has 0 aromatic rings. The van der Waals surface area contributed by atoms with Crippen LogP contribution in [0.4, 0.5) is 0 Å². The molecule has 0 aromatic carbocycles. The molecule has 16 heavy (non-hydrogen) atoms. The van der Waals surface area contributed by atoms with E-state index in [9.17, 15) is 5.11 Å². The van der Waals surface area contributed by atoms with Gasteiger partial charge >= 0.3 is 0 Å². The number of carboxylic acids is 1. The van der Waals surface area contributed by atoms with Crippen LogP contribution in [0.15, 0.2) is 0 Å². The third-order valence-electron chi connectivity index (χ3n) is 3.69. The van der Waals surface area contributed by atoms with E-state index in [2.05, 4.69) is 20.8 Å². The molecule has 0 aliphatic heterocycles. The van der Waals surface area contributed by atoms with E-state index in [0.29, 0.717) is 17.9 Å². The highest BCUT2D eigenvalue weighted by Gasteiger charge is 2.37. The molecule has 0 aromatic heterocycles. The Hall–Kier alpha value is -0.570. The summed E-state index contributed by atoms with van der Waals surface area (Å²) in [6.45, 7) is 8.31. The Kier molecular flexibility index (Phi) is 6.65. The maximum atomic E-state index is 9.33. The summed E-state index contributed by atoms with van der Waals surface area (Å²) in [6.07, 6.45) is 5.19. The highest BCUT2D eigenvalue weighted by molar-refractivity contribution is 5.62. The van der Waals surface area contributed by atoms with Gasteiger partial charge in [0.15, 0.2) is 0 Å².